The molecule has 18 heavy (non-hydrogen) atoms. The minimum atomic E-state index is -0.523. The van der Waals surface area contributed by atoms with Gasteiger partial charge in [0, 0.05) is 17.1 Å². The molecule has 1 aromatic rings. The molecule has 0 aliphatic rings. The normalized spacial score (nSPS) is 10.8. The number of nitrogen functional groups attached to an aromatic ring is 1. The van der Waals surface area contributed by atoms with Crippen LogP contribution in [0.1, 0.15) is 37.6 Å². The Hall–Kier alpha value is -1.10. The molecule has 0 saturated heterocycles. The Morgan fingerprint density at radius 3 is 2.61 bits per heavy atom. The minimum Gasteiger partial charge on any atom is -0.396 e. The highest BCUT2D eigenvalue weighted by atomic mass is 79.9. The molecule has 0 saturated carbocycles. The standard InChI is InChI=1S/C13H18BrFN2O/c1-4-5-17(8(2)3)13(18)9-6-12(16)11(15)7-10(9)14/h6-8H,4-5,16H2,1-3H3. The fraction of sp³-hybridized carbons (Fsp3) is 0.462. The van der Waals surface area contributed by atoms with E-state index in [0.717, 1.165) is 6.42 Å². The van der Waals surface area contributed by atoms with Gasteiger partial charge in [0.2, 0.25) is 0 Å². The number of halogens is 2. The van der Waals surface area contributed by atoms with Crippen LogP contribution in [0.25, 0.3) is 0 Å². The zero-order chi connectivity index (χ0) is 13.9. The van der Waals surface area contributed by atoms with Crippen LogP contribution in [-0.2, 0) is 0 Å². The number of carbonyl (C=O) groups is 1. The highest BCUT2D eigenvalue weighted by Gasteiger charge is 2.21. The van der Waals surface area contributed by atoms with Crippen LogP contribution in [0.15, 0.2) is 16.6 Å². The van der Waals surface area contributed by atoms with Crippen LogP contribution < -0.4 is 5.73 Å². The lowest BCUT2D eigenvalue weighted by Gasteiger charge is -2.27. The summed E-state index contributed by atoms with van der Waals surface area (Å²) >= 11 is 3.21. The predicted octanol–water partition coefficient (Wildman–Crippen LogP) is 3.43. The quantitative estimate of drug-likeness (QED) is 0.865. The van der Waals surface area contributed by atoms with Gasteiger partial charge in [0.25, 0.3) is 5.91 Å². The lowest BCUT2D eigenvalue weighted by atomic mass is 10.1. The topological polar surface area (TPSA) is 46.3 Å². The molecular weight excluding hydrogens is 299 g/mol. The smallest absolute Gasteiger partial charge is 0.255 e. The molecule has 0 radical (unpaired) electrons. The van der Waals surface area contributed by atoms with Gasteiger partial charge in [-0.25, -0.2) is 4.39 Å². The van der Waals surface area contributed by atoms with Gasteiger partial charge in [-0.2, -0.15) is 0 Å². The maximum absolute atomic E-state index is 13.3. The van der Waals surface area contributed by atoms with E-state index < -0.39 is 5.82 Å². The van der Waals surface area contributed by atoms with Gasteiger partial charge in [-0.3, -0.25) is 4.79 Å². The molecule has 1 amide bonds. The van der Waals surface area contributed by atoms with Crippen molar-refractivity contribution in [1.82, 2.24) is 4.90 Å². The summed E-state index contributed by atoms with van der Waals surface area (Å²) in [6.07, 6.45) is 0.873. The van der Waals surface area contributed by atoms with Crippen molar-refractivity contribution in [1.29, 1.82) is 0 Å². The van der Waals surface area contributed by atoms with E-state index in [9.17, 15) is 9.18 Å². The number of hydrogen-bond donors (Lipinski definition) is 1. The number of rotatable bonds is 4. The molecule has 0 aromatic heterocycles. The van der Waals surface area contributed by atoms with Crippen LogP contribution in [0.2, 0.25) is 0 Å². The van der Waals surface area contributed by atoms with E-state index in [2.05, 4.69) is 15.9 Å². The van der Waals surface area contributed by atoms with Gasteiger partial charge in [-0.1, -0.05) is 6.92 Å². The molecule has 0 fully saturated rings. The van der Waals surface area contributed by atoms with Crippen LogP contribution in [-0.4, -0.2) is 23.4 Å². The van der Waals surface area contributed by atoms with E-state index in [1.54, 1.807) is 4.90 Å². The van der Waals surface area contributed by atoms with Gasteiger partial charge in [-0.05, 0) is 48.3 Å². The van der Waals surface area contributed by atoms with Crippen LogP contribution >= 0.6 is 15.9 Å². The van der Waals surface area contributed by atoms with E-state index in [1.165, 1.54) is 12.1 Å². The molecule has 3 nitrogen and oxygen atoms in total. The van der Waals surface area contributed by atoms with Gasteiger partial charge >= 0.3 is 0 Å². The van der Waals surface area contributed by atoms with Crippen molar-refractivity contribution in [3.8, 4) is 0 Å². The number of nitrogens with zero attached hydrogens (tertiary/aromatic N) is 1. The van der Waals surface area contributed by atoms with Crippen LogP contribution in [0, 0.1) is 5.82 Å². The van der Waals surface area contributed by atoms with Crippen molar-refractivity contribution in [2.75, 3.05) is 12.3 Å². The van der Waals surface area contributed by atoms with E-state index in [4.69, 9.17) is 5.73 Å². The van der Waals surface area contributed by atoms with Crippen LogP contribution in [0.3, 0.4) is 0 Å². The van der Waals surface area contributed by atoms with E-state index in [1.807, 2.05) is 20.8 Å². The van der Waals surface area contributed by atoms with Crippen molar-refractivity contribution < 1.29 is 9.18 Å². The Morgan fingerprint density at radius 1 is 1.50 bits per heavy atom. The molecule has 1 rings (SSSR count). The van der Waals surface area contributed by atoms with Crippen LogP contribution in [0.4, 0.5) is 10.1 Å². The van der Waals surface area contributed by atoms with Crippen molar-refractivity contribution in [2.24, 2.45) is 0 Å². The van der Waals surface area contributed by atoms with Crippen molar-refractivity contribution >= 4 is 27.5 Å². The average Bonchev–Trinajstić information content (AvgIpc) is 2.29. The Kier molecular flexibility index (Phi) is 5.14. The number of hydrogen-bond acceptors (Lipinski definition) is 2. The minimum absolute atomic E-state index is 0.0123. The second-order valence-corrected chi connectivity index (χ2v) is 5.30. The van der Waals surface area contributed by atoms with Gasteiger partial charge in [0.15, 0.2) is 0 Å². The molecule has 0 atom stereocenters. The lowest BCUT2D eigenvalue weighted by molar-refractivity contribution is 0.0705. The third-order valence-electron chi connectivity index (χ3n) is 2.67. The van der Waals surface area contributed by atoms with Crippen molar-refractivity contribution in [3.63, 3.8) is 0 Å². The van der Waals surface area contributed by atoms with Crippen molar-refractivity contribution in [3.05, 3.63) is 28.0 Å². The monoisotopic (exact) mass is 316 g/mol. The number of nitrogens with two attached hydrogens (primary N) is 1. The average molecular weight is 317 g/mol. The Labute approximate surface area is 115 Å². The maximum Gasteiger partial charge on any atom is 0.255 e. The third kappa shape index (κ3) is 3.22. The van der Waals surface area contributed by atoms with Gasteiger partial charge in [-0.15, -0.1) is 0 Å². The summed E-state index contributed by atoms with van der Waals surface area (Å²) in [6.45, 7) is 6.58. The molecule has 2 N–H and O–H groups in total. The number of anilines is 1. The summed E-state index contributed by atoms with van der Waals surface area (Å²) < 4.78 is 13.7. The first-order valence-electron chi connectivity index (χ1n) is 5.94. The largest absolute Gasteiger partial charge is 0.396 e. The summed E-state index contributed by atoms with van der Waals surface area (Å²) in [5.74, 6) is -0.657. The van der Waals surface area contributed by atoms with Gasteiger partial charge in [0.1, 0.15) is 5.82 Å². The molecule has 0 aliphatic heterocycles. The first kappa shape index (κ1) is 15.0. The second kappa shape index (κ2) is 6.18. The Balaban J connectivity index is 3.12. The summed E-state index contributed by atoms with van der Waals surface area (Å²) in [7, 11) is 0. The first-order valence-corrected chi connectivity index (χ1v) is 6.73. The predicted molar refractivity (Wildman–Crippen MR) is 75.0 cm³/mol. The van der Waals surface area contributed by atoms with Crippen molar-refractivity contribution in [2.45, 2.75) is 33.2 Å². The fourth-order valence-electron chi connectivity index (χ4n) is 1.72. The number of carbonyl (C=O) groups excluding carboxylic acids is 1. The second-order valence-electron chi connectivity index (χ2n) is 4.45. The molecule has 100 valence electrons. The molecule has 0 aliphatic carbocycles. The zero-order valence-electron chi connectivity index (χ0n) is 10.8. The maximum atomic E-state index is 13.3. The molecule has 1 aromatic carbocycles. The molecule has 0 unspecified atom stereocenters. The highest BCUT2D eigenvalue weighted by Crippen LogP contribution is 2.24. The highest BCUT2D eigenvalue weighted by molar-refractivity contribution is 9.10. The van der Waals surface area contributed by atoms with E-state index in [0.29, 0.717) is 16.6 Å². The summed E-state index contributed by atoms with van der Waals surface area (Å²) in [5.41, 5.74) is 5.90. The lowest BCUT2D eigenvalue weighted by Crippen LogP contribution is -2.37. The Bertz CT molecular complexity index is 449. The first-order chi connectivity index (χ1) is 8.38. The number of benzene rings is 1. The van der Waals surface area contributed by atoms with E-state index in [-0.39, 0.29) is 17.6 Å². The Morgan fingerprint density at radius 2 is 2.11 bits per heavy atom. The van der Waals surface area contributed by atoms with E-state index >= 15 is 0 Å². The van der Waals surface area contributed by atoms with Crippen LogP contribution in [0.5, 0.6) is 0 Å². The summed E-state index contributed by atoms with van der Waals surface area (Å²) in [6, 6.07) is 2.70. The summed E-state index contributed by atoms with van der Waals surface area (Å²) in [4.78, 5) is 14.1. The SMILES string of the molecule is CCCN(C(=O)c1cc(N)c(F)cc1Br)C(C)C. The van der Waals surface area contributed by atoms with Gasteiger partial charge < -0.3 is 10.6 Å². The fourth-order valence-corrected chi connectivity index (χ4v) is 2.20. The zero-order valence-corrected chi connectivity index (χ0v) is 12.4. The molecule has 0 bridgehead atoms. The molecular formula is C13H18BrFN2O. The molecule has 0 heterocycles. The molecule has 5 heteroatoms. The van der Waals surface area contributed by atoms with Gasteiger partial charge in [0.05, 0.1) is 11.3 Å². The third-order valence-corrected chi connectivity index (χ3v) is 3.32. The number of amides is 1. The molecule has 0 spiro atoms. The summed E-state index contributed by atoms with van der Waals surface area (Å²) in [5, 5.41) is 0.